The summed E-state index contributed by atoms with van der Waals surface area (Å²) in [6.45, 7) is 0. The smallest absolute Gasteiger partial charge is 0.340 e. The summed E-state index contributed by atoms with van der Waals surface area (Å²) in [6, 6.07) is 0. The molecule has 0 atom stereocenters. The first-order valence-corrected chi connectivity index (χ1v) is 4.85. The molecule has 15 heavy (non-hydrogen) atoms. The Balaban J connectivity index is 3.39. The summed E-state index contributed by atoms with van der Waals surface area (Å²) in [7, 11) is 0. The maximum Gasteiger partial charge on any atom is 0.340 e. The third-order valence-corrected chi connectivity index (χ3v) is 2.27. The second kappa shape index (κ2) is 4.61. The molecule has 3 nitrogen and oxygen atoms in total. The van der Waals surface area contributed by atoms with Gasteiger partial charge in [0, 0.05) is 17.1 Å². The summed E-state index contributed by atoms with van der Waals surface area (Å²) >= 11 is 2.80. The van der Waals surface area contributed by atoms with Crippen molar-refractivity contribution in [2.45, 2.75) is 11.8 Å². The number of carbonyl (C=O) groups is 1. The fourth-order valence-corrected chi connectivity index (χ4v) is 1.54. The van der Waals surface area contributed by atoms with Crippen molar-refractivity contribution in [3.8, 4) is 0 Å². The van der Waals surface area contributed by atoms with Crippen molar-refractivity contribution < 1.29 is 23.1 Å². The van der Waals surface area contributed by atoms with Gasteiger partial charge < -0.3 is 5.11 Å². The van der Waals surface area contributed by atoms with Gasteiger partial charge in [-0.15, -0.1) is 0 Å². The summed E-state index contributed by atoms with van der Waals surface area (Å²) in [5.41, 5.74) is -1.88. The molecule has 0 fully saturated rings. The van der Waals surface area contributed by atoms with Gasteiger partial charge in [0.05, 0.1) is 0 Å². The number of hydrogen-bond acceptors (Lipinski definition) is 2. The molecule has 0 amide bonds. The average Bonchev–Trinajstić information content (AvgIpc) is 2.16. The summed E-state index contributed by atoms with van der Waals surface area (Å²) < 4.78 is 38.0. The second-order valence-electron chi connectivity index (χ2n) is 2.59. The zero-order valence-corrected chi connectivity index (χ0v) is 8.76. The molecule has 1 rings (SSSR count). The van der Waals surface area contributed by atoms with Crippen LogP contribution in [-0.4, -0.2) is 16.1 Å². The van der Waals surface area contributed by atoms with E-state index in [1.54, 1.807) is 0 Å². The van der Waals surface area contributed by atoms with Crippen LogP contribution in [0.2, 0.25) is 0 Å². The Morgan fingerprint density at radius 1 is 1.60 bits per heavy atom. The van der Waals surface area contributed by atoms with E-state index >= 15 is 0 Å². The highest BCUT2D eigenvalue weighted by molar-refractivity contribution is 9.08. The topological polar surface area (TPSA) is 50.2 Å². The molecule has 0 aromatic carbocycles. The Kier molecular flexibility index (Phi) is 3.67. The second-order valence-corrected chi connectivity index (χ2v) is 3.15. The maximum absolute atomic E-state index is 13.4. The molecule has 1 aromatic heterocycles. The Bertz CT molecular complexity index is 398. The fourth-order valence-electron chi connectivity index (χ4n) is 1.01. The summed E-state index contributed by atoms with van der Waals surface area (Å²) in [4.78, 5) is 13.7. The first-order chi connectivity index (χ1) is 6.99. The van der Waals surface area contributed by atoms with Crippen molar-refractivity contribution >= 4 is 21.9 Å². The zero-order valence-electron chi connectivity index (χ0n) is 7.18. The van der Waals surface area contributed by atoms with Crippen LogP contribution >= 0.6 is 15.9 Å². The molecule has 1 aromatic rings. The number of rotatable bonds is 3. The third kappa shape index (κ3) is 2.28. The number of hydrogen-bond donors (Lipinski definition) is 1. The van der Waals surface area contributed by atoms with Crippen molar-refractivity contribution in [3.63, 3.8) is 0 Å². The molecule has 0 aliphatic rings. The summed E-state index contributed by atoms with van der Waals surface area (Å²) in [6.07, 6.45) is -2.35. The lowest BCUT2D eigenvalue weighted by Gasteiger charge is -2.07. The van der Waals surface area contributed by atoms with Crippen molar-refractivity contribution in [1.29, 1.82) is 0 Å². The van der Waals surface area contributed by atoms with E-state index in [-0.39, 0.29) is 5.33 Å². The van der Waals surface area contributed by atoms with Crippen LogP contribution < -0.4 is 0 Å². The van der Waals surface area contributed by atoms with Crippen LogP contribution in [0.5, 0.6) is 0 Å². The molecule has 0 radical (unpaired) electrons. The highest BCUT2D eigenvalue weighted by Gasteiger charge is 2.22. The molecule has 0 unspecified atom stereocenters. The zero-order chi connectivity index (χ0) is 11.6. The van der Waals surface area contributed by atoms with Crippen LogP contribution in [0.4, 0.5) is 13.2 Å². The number of aromatic carboxylic acids is 1. The van der Waals surface area contributed by atoms with Crippen molar-refractivity contribution in [1.82, 2.24) is 4.98 Å². The number of nitrogens with zero attached hydrogens (tertiary/aromatic N) is 1. The first kappa shape index (κ1) is 12.0. The molecule has 0 saturated carbocycles. The number of halogens is 4. The Hall–Kier alpha value is -1.11. The van der Waals surface area contributed by atoms with Gasteiger partial charge in [0.2, 0.25) is 0 Å². The minimum absolute atomic E-state index is 0.216. The SMILES string of the molecule is O=C(O)c1cnc(C(F)F)c(CBr)c1F. The molecule has 1 heterocycles. The third-order valence-electron chi connectivity index (χ3n) is 1.71. The lowest BCUT2D eigenvalue weighted by atomic mass is 10.1. The molecule has 0 bridgehead atoms. The van der Waals surface area contributed by atoms with Gasteiger partial charge in [-0.2, -0.15) is 0 Å². The number of alkyl halides is 3. The lowest BCUT2D eigenvalue weighted by molar-refractivity contribution is 0.0690. The monoisotopic (exact) mass is 283 g/mol. The van der Waals surface area contributed by atoms with E-state index in [0.29, 0.717) is 6.20 Å². The standard InChI is InChI=1S/C8H5BrF3NO2/c9-1-3-5(10)4(8(14)15)2-13-6(3)7(11)12/h2,7H,1H2,(H,14,15). The van der Waals surface area contributed by atoms with Gasteiger partial charge in [-0.3, -0.25) is 4.98 Å². The molecule has 0 aliphatic carbocycles. The lowest BCUT2D eigenvalue weighted by Crippen LogP contribution is -2.08. The van der Waals surface area contributed by atoms with Gasteiger partial charge in [-0.05, 0) is 0 Å². The van der Waals surface area contributed by atoms with Crippen LogP contribution in [0.25, 0.3) is 0 Å². The van der Waals surface area contributed by atoms with E-state index in [2.05, 4.69) is 20.9 Å². The number of aromatic nitrogens is 1. The van der Waals surface area contributed by atoms with Gasteiger partial charge in [0.15, 0.2) is 0 Å². The van der Waals surface area contributed by atoms with Gasteiger partial charge in [-0.1, -0.05) is 15.9 Å². The number of carboxylic acid groups (broad SMARTS) is 1. The highest BCUT2D eigenvalue weighted by atomic mass is 79.9. The van der Waals surface area contributed by atoms with Crippen LogP contribution in [0, 0.1) is 5.82 Å². The van der Waals surface area contributed by atoms with Crippen molar-refractivity contribution in [3.05, 3.63) is 28.8 Å². The predicted octanol–water partition coefficient (Wildman–Crippen LogP) is 2.75. The van der Waals surface area contributed by atoms with E-state index in [1.165, 1.54) is 0 Å². The van der Waals surface area contributed by atoms with Gasteiger partial charge >= 0.3 is 5.97 Å². The van der Waals surface area contributed by atoms with Gasteiger partial charge in [0.25, 0.3) is 6.43 Å². The van der Waals surface area contributed by atoms with E-state index < -0.39 is 35.0 Å². The van der Waals surface area contributed by atoms with Crippen molar-refractivity contribution in [2.75, 3.05) is 0 Å². The van der Waals surface area contributed by atoms with Crippen LogP contribution in [0.3, 0.4) is 0 Å². The average molecular weight is 284 g/mol. The van der Waals surface area contributed by atoms with E-state index in [9.17, 15) is 18.0 Å². The largest absolute Gasteiger partial charge is 0.478 e. The molecule has 7 heteroatoms. The number of carboxylic acids is 1. The number of pyridine rings is 1. The van der Waals surface area contributed by atoms with E-state index in [4.69, 9.17) is 5.11 Å². The quantitative estimate of drug-likeness (QED) is 0.868. The highest BCUT2D eigenvalue weighted by Crippen LogP contribution is 2.26. The van der Waals surface area contributed by atoms with Crippen LogP contribution in [0.1, 0.15) is 28.0 Å². The first-order valence-electron chi connectivity index (χ1n) is 3.73. The molecule has 0 spiro atoms. The predicted molar refractivity (Wildman–Crippen MR) is 48.7 cm³/mol. The van der Waals surface area contributed by atoms with Gasteiger partial charge in [0.1, 0.15) is 17.1 Å². The Morgan fingerprint density at radius 3 is 2.60 bits per heavy atom. The Labute approximate surface area is 91.1 Å². The molecule has 0 saturated heterocycles. The van der Waals surface area contributed by atoms with E-state index in [0.717, 1.165) is 0 Å². The van der Waals surface area contributed by atoms with Gasteiger partial charge in [-0.25, -0.2) is 18.0 Å². The molecule has 82 valence electrons. The molecule has 1 N–H and O–H groups in total. The maximum atomic E-state index is 13.4. The minimum atomic E-state index is -2.94. The molecular weight excluding hydrogens is 279 g/mol. The fraction of sp³-hybridized carbons (Fsp3) is 0.250. The summed E-state index contributed by atoms with van der Waals surface area (Å²) in [5, 5.41) is 8.32. The molecule has 0 aliphatic heterocycles. The normalized spacial score (nSPS) is 10.7. The van der Waals surface area contributed by atoms with Crippen LogP contribution in [-0.2, 0) is 5.33 Å². The van der Waals surface area contributed by atoms with E-state index in [1.807, 2.05) is 0 Å². The van der Waals surface area contributed by atoms with Crippen LogP contribution in [0.15, 0.2) is 6.20 Å². The Morgan fingerprint density at radius 2 is 2.20 bits per heavy atom. The summed E-state index contributed by atoms with van der Waals surface area (Å²) in [5.74, 6) is -2.72. The minimum Gasteiger partial charge on any atom is -0.478 e. The van der Waals surface area contributed by atoms with Crippen molar-refractivity contribution in [2.24, 2.45) is 0 Å². The molecular formula is C8H5BrF3NO2.